The molecule has 0 aromatic heterocycles. The molecule has 192 valence electrons. The Hall–Kier alpha value is -2.37. The number of hydrogen-bond acceptors (Lipinski definition) is 5. The molecule has 1 aliphatic rings. The Morgan fingerprint density at radius 3 is 2.46 bits per heavy atom. The lowest BCUT2D eigenvalue weighted by Crippen LogP contribution is -2.47. The van der Waals surface area contributed by atoms with Crippen LogP contribution in [0.2, 0.25) is 0 Å². The molecule has 2 aromatic carbocycles. The molecule has 0 aliphatic carbocycles. The van der Waals surface area contributed by atoms with E-state index in [9.17, 15) is 4.79 Å². The maximum absolute atomic E-state index is 12.6. The SMILES string of the molecule is CCCCOC(=O)CC(CN(C)CC[C@@H](Oc1ccccc1C)c1ccccc1)N1CCCCC1. The third-order valence-electron chi connectivity index (χ3n) is 6.90. The van der Waals surface area contributed by atoms with Crippen LogP contribution >= 0.6 is 0 Å². The van der Waals surface area contributed by atoms with Crippen LogP contribution in [-0.4, -0.2) is 61.6 Å². The van der Waals surface area contributed by atoms with Gasteiger partial charge in [0, 0.05) is 25.6 Å². The average Bonchev–Trinajstić information content (AvgIpc) is 2.88. The number of rotatable bonds is 14. The van der Waals surface area contributed by atoms with Crippen LogP contribution in [0.3, 0.4) is 0 Å². The first-order chi connectivity index (χ1) is 17.1. The van der Waals surface area contributed by atoms with E-state index < -0.39 is 0 Å². The van der Waals surface area contributed by atoms with Gasteiger partial charge in [-0.3, -0.25) is 9.69 Å². The molecule has 3 rings (SSSR count). The number of aryl methyl sites for hydroxylation is 1. The summed E-state index contributed by atoms with van der Waals surface area (Å²) in [7, 11) is 2.16. The number of esters is 1. The lowest BCUT2D eigenvalue weighted by atomic mass is 10.0. The van der Waals surface area contributed by atoms with Gasteiger partial charge in [0.05, 0.1) is 13.0 Å². The fraction of sp³-hybridized carbons (Fsp3) is 0.567. The van der Waals surface area contributed by atoms with Crippen LogP contribution in [0.15, 0.2) is 54.6 Å². The second kappa shape index (κ2) is 14.9. The number of nitrogens with zero attached hydrogens (tertiary/aromatic N) is 2. The van der Waals surface area contributed by atoms with Gasteiger partial charge in [-0.25, -0.2) is 0 Å². The normalized spacial score (nSPS) is 16.1. The van der Waals surface area contributed by atoms with Crippen LogP contribution in [0.25, 0.3) is 0 Å². The summed E-state index contributed by atoms with van der Waals surface area (Å²) in [5.41, 5.74) is 2.34. The van der Waals surface area contributed by atoms with Crippen LogP contribution in [0.4, 0.5) is 0 Å². The van der Waals surface area contributed by atoms with Gasteiger partial charge < -0.3 is 14.4 Å². The highest BCUT2D eigenvalue weighted by Crippen LogP contribution is 2.27. The first-order valence-corrected chi connectivity index (χ1v) is 13.4. The summed E-state index contributed by atoms with van der Waals surface area (Å²) in [6, 6.07) is 18.9. The quantitative estimate of drug-likeness (QED) is 0.244. The molecule has 5 heteroatoms. The van der Waals surface area contributed by atoms with Crippen LogP contribution in [0.5, 0.6) is 5.75 Å². The van der Waals surface area contributed by atoms with Gasteiger partial charge in [0.2, 0.25) is 0 Å². The van der Waals surface area contributed by atoms with E-state index in [2.05, 4.69) is 61.0 Å². The number of benzene rings is 2. The summed E-state index contributed by atoms with van der Waals surface area (Å²) in [5.74, 6) is 0.873. The molecule has 2 atom stereocenters. The molecule has 2 aromatic rings. The van der Waals surface area contributed by atoms with Crippen molar-refractivity contribution in [1.82, 2.24) is 9.80 Å². The maximum atomic E-state index is 12.6. The Morgan fingerprint density at radius 2 is 1.74 bits per heavy atom. The van der Waals surface area contributed by atoms with E-state index in [1.54, 1.807) is 0 Å². The van der Waals surface area contributed by atoms with Crippen molar-refractivity contribution in [2.24, 2.45) is 0 Å². The predicted molar refractivity (Wildman–Crippen MR) is 143 cm³/mol. The number of likely N-dealkylation sites (N-methyl/N-ethyl adjacent to an activating group) is 1. The number of unbranched alkanes of at least 4 members (excludes halogenated alkanes) is 1. The fourth-order valence-corrected chi connectivity index (χ4v) is 4.77. The minimum atomic E-state index is -0.0625. The molecule has 0 bridgehead atoms. The summed E-state index contributed by atoms with van der Waals surface area (Å²) >= 11 is 0. The zero-order valence-electron chi connectivity index (χ0n) is 22.0. The molecular weight excluding hydrogens is 436 g/mol. The van der Waals surface area contributed by atoms with Crippen molar-refractivity contribution in [3.05, 3.63) is 65.7 Å². The van der Waals surface area contributed by atoms with E-state index >= 15 is 0 Å². The zero-order chi connectivity index (χ0) is 24.9. The lowest BCUT2D eigenvalue weighted by Gasteiger charge is -2.36. The van der Waals surface area contributed by atoms with E-state index in [4.69, 9.17) is 9.47 Å². The second-order valence-electron chi connectivity index (χ2n) is 9.86. The van der Waals surface area contributed by atoms with Crippen LogP contribution in [-0.2, 0) is 9.53 Å². The molecule has 35 heavy (non-hydrogen) atoms. The molecule has 0 N–H and O–H groups in total. The number of carbonyl (C=O) groups excluding carboxylic acids is 1. The fourth-order valence-electron chi connectivity index (χ4n) is 4.77. The van der Waals surface area contributed by atoms with Crippen LogP contribution in [0.1, 0.15) is 69.1 Å². The number of hydrogen-bond donors (Lipinski definition) is 0. The van der Waals surface area contributed by atoms with Gasteiger partial charge in [-0.2, -0.15) is 0 Å². The monoisotopic (exact) mass is 480 g/mol. The minimum absolute atomic E-state index is 0.0211. The van der Waals surface area contributed by atoms with E-state index in [0.29, 0.717) is 13.0 Å². The topological polar surface area (TPSA) is 42.0 Å². The smallest absolute Gasteiger partial charge is 0.307 e. The van der Waals surface area contributed by atoms with Gasteiger partial charge in [-0.15, -0.1) is 0 Å². The van der Waals surface area contributed by atoms with Gasteiger partial charge >= 0.3 is 5.97 Å². The van der Waals surface area contributed by atoms with E-state index in [-0.39, 0.29) is 18.1 Å². The highest BCUT2D eigenvalue weighted by Gasteiger charge is 2.26. The zero-order valence-corrected chi connectivity index (χ0v) is 22.0. The Balaban J connectivity index is 1.61. The molecule has 1 heterocycles. The molecular formula is C30H44N2O3. The molecule has 0 radical (unpaired) electrons. The van der Waals surface area contributed by atoms with Gasteiger partial charge in [-0.1, -0.05) is 68.3 Å². The number of likely N-dealkylation sites (tertiary alicyclic amines) is 1. The predicted octanol–water partition coefficient (Wildman–Crippen LogP) is 6.02. The maximum Gasteiger partial charge on any atom is 0.307 e. The molecule has 1 saturated heterocycles. The molecule has 1 fully saturated rings. The third kappa shape index (κ3) is 9.30. The second-order valence-corrected chi connectivity index (χ2v) is 9.86. The Morgan fingerprint density at radius 1 is 1.03 bits per heavy atom. The highest BCUT2D eigenvalue weighted by atomic mass is 16.5. The van der Waals surface area contributed by atoms with Crippen molar-refractivity contribution >= 4 is 5.97 Å². The molecule has 5 nitrogen and oxygen atoms in total. The Labute approximate surface area is 212 Å². The van der Waals surface area contributed by atoms with Crippen molar-refractivity contribution in [3.8, 4) is 5.75 Å². The van der Waals surface area contributed by atoms with Crippen LogP contribution in [0, 0.1) is 6.92 Å². The largest absolute Gasteiger partial charge is 0.485 e. The van der Waals surface area contributed by atoms with Crippen LogP contribution < -0.4 is 4.74 Å². The van der Waals surface area contributed by atoms with Crippen molar-refractivity contribution in [1.29, 1.82) is 0 Å². The van der Waals surface area contributed by atoms with Gasteiger partial charge in [0.15, 0.2) is 0 Å². The van der Waals surface area contributed by atoms with E-state index in [1.807, 2.05) is 24.3 Å². The summed E-state index contributed by atoms with van der Waals surface area (Å²) < 4.78 is 12.0. The van der Waals surface area contributed by atoms with Gasteiger partial charge in [-0.05, 0) is 63.5 Å². The number of carbonyl (C=O) groups is 1. The highest BCUT2D eigenvalue weighted by molar-refractivity contribution is 5.70. The summed E-state index contributed by atoms with van der Waals surface area (Å²) in [6.45, 7) is 8.63. The molecule has 1 aliphatic heterocycles. The van der Waals surface area contributed by atoms with Gasteiger partial charge in [0.25, 0.3) is 0 Å². The Kier molecular flexibility index (Phi) is 11.6. The summed E-state index contributed by atoms with van der Waals surface area (Å²) in [6.07, 6.45) is 7.01. The number of para-hydroxylation sites is 1. The Bertz CT molecular complexity index is 867. The summed E-state index contributed by atoms with van der Waals surface area (Å²) in [4.78, 5) is 17.4. The van der Waals surface area contributed by atoms with Crippen molar-refractivity contribution < 1.29 is 14.3 Å². The molecule has 0 saturated carbocycles. The molecule has 0 spiro atoms. The number of ether oxygens (including phenoxy) is 2. The first kappa shape index (κ1) is 27.2. The molecule has 0 amide bonds. The van der Waals surface area contributed by atoms with Crippen molar-refractivity contribution in [2.75, 3.05) is 39.8 Å². The van der Waals surface area contributed by atoms with Crippen molar-refractivity contribution in [3.63, 3.8) is 0 Å². The third-order valence-corrected chi connectivity index (χ3v) is 6.90. The summed E-state index contributed by atoms with van der Waals surface area (Å²) in [5, 5.41) is 0. The average molecular weight is 481 g/mol. The van der Waals surface area contributed by atoms with E-state index in [0.717, 1.165) is 56.8 Å². The number of piperidine rings is 1. The standard InChI is InChI=1S/C30H44N2O3/c1-4-5-22-34-30(33)23-27(32-19-12-7-13-20-32)24-31(3)21-18-29(26-15-8-6-9-16-26)35-28-17-11-10-14-25(28)2/h6,8-11,14-17,27,29H,4-5,7,12-13,18-24H2,1-3H3/t27?,29-/m1/s1. The van der Waals surface area contributed by atoms with Crippen molar-refractivity contribution in [2.45, 2.75) is 70.9 Å². The lowest BCUT2D eigenvalue weighted by molar-refractivity contribution is -0.145. The molecule has 1 unspecified atom stereocenters. The van der Waals surface area contributed by atoms with Gasteiger partial charge in [0.1, 0.15) is 11.9 Å². The van der Waals surface area contributed by atoms with E-state index in [1.165, 1.54) is 24.8 Å². The first-order valence-electron chi connectivity index (χ1n) is 13.4. The minimum Gasteiger partial charge on any atom is -0.485 e.